The van der Waals surface area contributed by atoms with E-state index in [9.17, 15) is 9.59 Å². The second-order valence-corrected chi connectivity index (χ2v) is 6.13. The monoisotopic (exact) mass is 325 g/mol. The Morgan fingerprint density at radius 3 is 2.41 bits per heavy atom. The summed E-state index contributed by atoms with van der Waals surface area (Å²) >= 11 is 4.75. The van der Waals surface area contributed by atoms with E-state index in [1.807, 2.05) is 6.26 Å². The lowest BCUT2D eigenvalue weighted by Gasteiger charge is -2.22. The number of halogens is 1. The zero-order chi connectivity index (χ0) is 13.5. The molecular formula is C11H20BrNO3S. The van der Waals surface area contributed by atoms with Crippen LogP contribution in [0.3, 0.4) is 0 Å². The van der Waals surface area contributed by atoms with Gasteiger partial charge >= 0.3 is 6.09 Å². The van der Waals surface area contributed by atoms with Crippen molar-refractivity contribution in [2.45, 2.75) is 38.8 Å². The maximum Gasteiger partial charge on any atom is 0.408 e. The highest BCUT2D eigenvalue weighted by atomic mass is 79.9. The third kappa shape index (κ3) is 8.49. The number of alkyl halides is 1. The molecule has 0 saturated carbocycles. The van der Waals surface area contributed by atoms with Crippen LogP contribution < -0.4 is 5.32 Å². The van der Waals surface area contributed by atoms with Gasteiger partial charge in [-0.25, -0.2) is 4.79 Å². The minimum absolute atomic E-state index is 0.0371. The molecule has 1 atom stereocenters. The van der Waals surface area contributed by atoms with Crippen LogP contribution in [-0.4, -0.2) is 40.9 Å². The molecule has 4 nitrogen and oxygen atoms in total. The summed E-state index contributed by atoms with van der Waals surface area (Å²) in [4.78, 5) is 23.1. The number of hydrogen-bond acceptors (Lipinski definition) is 4. The maximum absolute atomic E-state index is 11.6. The van der Waals surface area contributed by atoms with Gasteiger partial charge in [-0.15, -0.1) is 0 Å². The van der Waals surface area contributed by atoms with E-state index in [0.29, 0.717) is 6.42 Å². The summed E-state index contributed by atoms with van der Waals surface area (Å²) in [5.41, 5.74) is -0.550. The Morgan fingerprint density at radius 1 is 1.41 bits per heavy atom. The van der Waals surface area contributed by atoms with Crippen LogP contribution in [0, 0.1) is 0 Å². The molecule has 1 unspecified atom stereocenters. The van der Waals surface area contributed by atoms with Crippen molar-refractivity contribution in [3.8, 4) is 0 Å². The molecule has 0 fully saturated rings. The number of carbonyl (C=O) groups excluding carboxylic acids is 2. The van der Waals surface area contributed by atoms with E-state index in [1.165, 1.54) is 0 Å². The van der Waals surface area contributed by atoms with Gasteiger partial charge in [-0.3, -0.25) is 4.79 Å². The largest absolute Gasteiger partial charge is 0.444 e. The first-order valence-corrected chi connectivity index (χ1v) is 7.89. The van der Waals surface area contributed by atoms with Crippen molar-refractivity contribution in [1.29, 1.82) is 0 Å². The van der Waals surface area contributed by atoms with Gasteiger partial charge in [0.25, 0.3) is 0 Å². The summed E-state index contributed by atoms with van der Waals surface area (Å²) in [5, 5.41) is 2.84. The highest BCUT2D eigenvalue weighted by Crippen LogP contribution is 2.09. The molecule has 6 heteroatoms. The van der Waals surface area contributed by atoms with Crippen molar-refractivity contribution in [2.75, 3.05) is 17.3 Å². The summed E-state index contributed by atoms with van der Waals surface area (Å²) < 4.78 is 5.12. The van der Waals surface area contributed by atoms with Crippen LogP contribution in [-0.2, 0) is 9.53 Å². The van der Waals surface area contributed by atoms with Crippen LogP contribution in [0.1, 0.15) is 27.2 Å². The van der Waals surface area contributed by atoms with Crippen molar-refractivity contribution in [1.82, 2.24) is 5.32 Å². The summed E-state index contributed by atoms with van der Waals surface area (Å²) in [7, 11) is 0. The molecule has 0 rings (SSSR count). The van der Waals surface area contributed by atoms with Crippen molar-refractivity contribution in [2.24, 2.45) is 0 Å². The number of amides is 1. The van der Waals surface area contributed by atoms with Crippen LogP contribution in [0.4, 0.5) is 4.79 Å². The average molecular weight is 326 g/mol. The molecular weight excluding hydrogens is 306 g/mol. The molecule has 17 heavy (non-hydrogen) atoms. The number of ketones is 1. The molecule has 1 N–H and O–H groups in total. The molecule has 1 amide bonds. The quantitative estimate of drug-likeness (QED) is 0.762. The zero-order valence-electron chi connectivity index (χ0n) is 10.7. The Morgan fingerprint density at radius 2 is 2.00 bits per heavy atom. The number of alkyl carbamates (subject to hydrolysis) is 1. The molecule has 0 heterocycles. The standard InChI is InChI=1S/C11H20BrNO3S/c1-11(2,3)16-10(15)13-8(5-6-17-4)9(14)7-12/h8H,5-7H2,1-4H3,(H,13,15). The predicted molar refractivity (Wildman–Crippen MR) is 75.0 cm³/mol. The van der Waals surface area contributed by atoms with Gasteiger partial charge in [-0.1, -0.05) is 15.9 Å². The molecule has 0 aliphatic heterocycles. The van der Waals surface area contributed by atoms with Gasteiger partial charge in [0.1, 0.15) is 5.60 Å². The van der Waals surface area contributed by atoms with Gasteiger partial charge < -0.3 is 10.1 Å². The zero-order valence-corrected chi connectivity index (χ0v) is 13.1. The van der Waals surface area contributed by atoms with E-state index in [4.69, 9.17) is 4.74 Å². The summed E-state index contributed by atoms with van der Waals surface area (Å²) in [6.07, 6.45) is 2.03. The first-order chi connectivity index (χ1) is 7.80. The lowest BCUT2D eigenvalue weighted by atomic mass is 10.1. The van der Waals surface area contributed by atoms with Gasteiger partial charge in [0, 0.05) is 0 Å². The van der Waals surface area contributed by atoms with Crippen molar-refractivity contribution < 1.29 is 14.3 Å². The van der Waals surface area contributed by atoms with Crippen molar-refractivity contribution >= 4 is 39.6 Å². The van der Waals surface area contributed by atoms with Gasteiger partial charge in [-0.2, -0.15) is 11.8 Å². The van der Waals surface area contributed by atoms with Crippen LogP contribution >= 0.6 is 27.7 Å². The number of hydrogen-bond donors (Lipinski definition) is 1. The lowest BCUT2D eigenvalue weighted by Crippen LogP contribution is -2.44. The van der Waals surface area contributed by atoms with Crippen LogP contribution in [0.25, 0.3) is 0 Å². The van der Waals surface area contributed by atoms with Gasteiger partial charge in [-0.05, 0) is 39.2 Å². The Balaban J connectivity index is 4.32. The van der Waals surface area contributed by atoms with Crippen LogP contribution in [0.15, 0.2) is 0 Å². The number of Topliss-reactive ketones (excluding diaryl/α,β-unsaturated/α-hetero) is 1. The molecule has 0 aromatic carbocycles. The normalized spacial score (nSPS) is 13.0. The second-order valence-electron chi connectivity index (χ2n) is 4.58. The first-order valence-electron chi connectivity index (χ1n) is 5.37. The highest BCUT2D eigenvalue weighted by molar-refractivity contribution is 9.09. The number of nitrogens with one attached hydrogen (secondary N) is 1. The fraction of sp³-hybridized carbons (Fsp3) is 0.818. The molecule has 0 saturated heterocycles. The number of thioether (sulfide) groups is 1. The van der Waals surface area contributed by atoms with Crippen molar-refractivity contribution in [3.63, 3.8) is 0 Å². The predicted octanol–water partition coefficient (Wildman–Crippen LogP) is 2.60. The fourth-order valence-electron chi connectivity index (χ4n) is 1.09. The molecule has 0 aliphatic rings. The number of ether oxygens (including phenoxy) is 1. The van der Waals surface area contributed by atoms with E-state index < -0.39 is 17.7 Å². The Bertz CT molecular complexity index is 266. The van der Waals surface area contributed by atoms with Crippen LogP contribution in [0.5, 0.6) is 0 Å². The molecule has 0 spiro atoms. The SMILES string of the molecule is CSCCC(NC(=O)OC(C)(C)C)C(=O)CBr. The van der Waals surface area contributed by atoms with E-state index >= 15 is 0 Å². The van der Waals surface area contributed by atoms with E-state index in [-0.39, 0.29) is 11.1 Å². The van der Waals surface area contributed by atoms with Crippen LogP contribution in [0.2, 0.25) is 0 Å². The maximum atomic E-state index is 11.6. The Kier molecular flexibility index (Phi) is 7.87. The second kappa shape index (κ2) is 7.97. The van der Waals surface area contributed by atoms with Gasteiger partial charge in [0.15, 0.2) is 5.78 Å². The first kappa shape index (κ1) is 16.8. The number of carbonyl (C=O) groups is 2. The summed E-state index contributed by atoms with van der Waals surface area (Å²) in [6.45, 7) is 5.36. The molecule has 0 radical (unpaired) electrons. The van der Waals surface area contributed by atoms with Crippen molar-refractivity contribution in [3.05, 3.63) is 0 Å². The molecule has 0 aromatic rings. The lowest BCUT2D eigenvalue weighted by molar-refractivity contribution is -0.118. The number of rotatable bonds is 6. The smallest absolute Gasteiger partial charge is 0.408 e. The third-order valence-electron chi connectivity index (χ3n) is 1.82. The molecule has 100 valence electrons. The fourth-order valence-corrected chi connectivity index (χ4v) is 1.95. The van der Waals surface area contributed by atoms with E-state index in [2.05, 4.69) is 21.2 Å². The minimum atomic E-state index is -0.550. The average Bonchev–Trinajstić information content (AvgIpc) is 2.20. The van der Waals surface area contributed by atoms with E-state index in [0.717, 1.165) is 5.75 Å². The van der Waals surface area contributed by atoms with Gasteiger partial charge in [0.05, 0.1) is 11.4 Å². The highest BCUT2D eigenvalue weighted by Gasteiger charge is 2.23. The Labute approximate surface area is 115 Å². The topological polar surface area (TPSA) is 55.4 Å². The molecule has 0 bridgehead atoms. The minimum Gasteiger partial charge on any atom is -0.444 e. The van der Waals surface area contributed by atoms with E-state index in [1.54, 1.807) is 32.5 Å². The summed E-state index contributed by atoms with van der Waals surface area (Å²) in [5.74, 6) is 0.782. The molecule has 0 aromatic heterocycles. The third-order valence-corrected chi connectivity index (χ3v) is 3.02. The Hall–Kier alpha value is -0.230. The van der Waals surface area contributed by atoms with Gasteiger partial charge in [0.2, 0.25) is 0 Å². The molecule has 0 aliphatic carbocycles. The summed E-state index contributed by atoms with van der Waals surface area (Å²) in [6, 6.07) is -0.475.